The molecule has 0 spiro atoms. The molecule has 1 fully saturated rings. The van der Waals surface area contributed by atoms with E-state index in [1.165, 1.54) is 4.31 Å². The number of halogens is 3. The predicted molar refractivity (Wildman–Crippen MR) is 77.6 cm³/mol. The van der Waals surface area contributed by atoms with Gasteiger partial charge in [-0.15, -0.1) is 11.6 Å². The van der Waals surface area contributed by atoms with E-state index in [0.717, 1.165) is 18.6 Å². The first-order valence-electron chi connectivity index (χ1n) is 6.82. The van der Waals surface area contributed by atoms with Crippen LogP contribution in [-0.2, 0) is 15.9 Å². The lowest BCUT2D eigenvalue weighted by Crippen LogP contribution is -2.30. The normalized spacial score (nSPS) is 20.4. The smallest absolute Gasteiger partial charge is 0.207 e. The highest BCUT2D eigenvalue weighted by molar-refractivity contribution is 7.89. The average Bonchev–Trinajstić information content (AvgIpc) is 2.89. The van der Waals surface area contributed by atoms with Crippen LogP contribution in [0.1, 0.15) is 25.8 Å². The summed E-state index contributed by atoms with van der Waals surface area (Å²) in [5.41, 5.74) is -0.405. The molecule has 1 aliphatic heterocycles. The van der Waals surface area contributed by atoms with Crippen molar-refractivity contribution in [1.82, 2.24) is 4.31 Å². The molecule has 1 saturated heterocycles. The third kappa shape index (κ3) is 3.07. The van der Waals surface area contributed by atoms with Crippen LogP contribution in [0.3, 0.4) is 0 Å². The number of hydrogen-bond donors (Lipinski definition) is 0. The average molecular weight is 338 g/mol. The van der Waals surface area contributed by atoms with E-state index in [4.69, 9.17) is 11.6 Å². The highest BCUT2D eigenvalue weighted by Gasteiger charge is 2.35. The van der Waals surface area contributed by atoms with Gasteiger partial charge in [-0.2, -0.15) is 4.31 Å². The molecule has 7 heteroatoms. The Morgan fingerprint density at radius 1 is 1.38 bits per heavy atom. The Kier molecular flexibility index (Phi) is 4.90. The van der Waals surface area contributed by atoms with Gasteiger partial charge in [-0.25, -0.2) is 17.2 Å². The van der Waals surface area contributed by atoms with Crippen LogP contribution in [0.2, 0.25) is 0 Å². The Morgan fingerprint density at radius 2 is 2.05 bits per heavy atom. The molecule has 118 valence electrons. The van der Waals surface area contributed by atoms with E-state index in [1.807, 2.05) is 13.8 Å². The topological polar surface area (TPSA) is 37.4 Å². The molecule has 2 rings (SSSR count). The van der Waals surface area contributed by atoms with Crippen LogP contribution < -0.4 is 0 Å². The van der Waals surface area contributed by atoms with Crippen molar-refractivity contribution in [3.05, 3.63) is 29.3 Å². The Labute approximate surface area is 129 Å². The molecular weight excluding hydrogens is 320 g/mol. The monoisotopic (exact) mass is 337 g/mol. The molecule has 1 unspecified atom stereocenters. The van der Waals surface area contributed by atoms with Gasteiger partial charge in [-0.05, 0) is 30.4 Å². The van der Waals surface area contributed by atoms with Crippen LogP contribution >= 0.6 is 11.6 Å². The summed E-state index contributed by atoms with van der Waals surface area (Å²) in [4.78, 5) is -0.496. The van der Waals surface area contributed by atoms with E-state index in [1.54, 1.807) is 0 Å². The van der Waals surface area contributed by atoms with Crippen molar-refractivity contribution in [1.29, 1.82) is 0 Å². The molecule has 0 N–H and O–H groups in total. The maximum Gasteiger partial charge on any atom is 0.246 e. The van der Waals surface area contributed by atoms with Crippen LogP contribution in [0.25, 0.3) is 0 Å². The standard InChI is InChI=1S/C14H18ClF2NO2S/c1-9(2)10-5-6-18(8-10)21(19,20)13-4-3-12(16)11(7-15)14(13)17/h3-4,9-10H,5-8H2,1-2H3. The van der Waals surface area contributed by atoms with Crippen molar-refractivity contribution in [2.24, 2.45) is 11.8 Å². The van der Waals surface area contributed by atoms with Gasteiger partial charge in [0.05, 0.1) is 5.88 Å². The number of hydrogen-bond acceptors (Lipinski definition) is 2. The van der Waals surface area contributed by atoms with Crippen LogP contribution in [-0.4, -0.2) is 25.8 Å². The van der Waals surface area contributed by atoms with Crippen molar-refractivity contribution in [3.8, 4) is 0 Å². The lowest BCUT2D eigenvalue weighted by molar-refractivity contribution is 0.387. The van der Waals surface area contributed by atoms with Crippen LogP contribution in [0.15, 0.2) is 17.0 Å². The van der Waals surface area contributed by atoms with Crippen molar-refractivity contribution in [3.63, 3.8) is 0 Å². The largest absolute Gasteiger partial charge is 0.246 e. The number of sulfonamides is 1. The van der Waals surface area contributed by atoms with Gasteiger partial charge >= 0.3 is 0 Å². The van der Waals surface area contributed by atoms with Crippen LogP contribution in [0.5, 0.6) is 0 Å². The summed E-state index contributed by atoms with van der Waals surface area (Å²) in [6.07, 6.45) is 0.752. The van der Waals surface area contributed by atoms with Gasteiger partial charge in [0.1, 0.15) is 10.7 Å². The van der Waals surface area contributed by atoms with E-state index in [2.05, 4.69) is 0 Å². The second-order valence-electron chi connectivity index (χ2n) is 5.63. The van der Waals surface area contributed by atoms with Gasteiger partial charge in [0.15, 0.2) is 5.82 Å². The molecule has 0 aromatic heterocycles. The minimum atomic E-state index is -3.95. The van der Waals surface area contributed by atoms with Gasteiger partial charge in [0.25, 0.3) is 0 Å². The van der Waals surface area contributed by atoms with E-state index < -0.39 is 38.0 Å². The van der Waals surface area contributed by atoms with Gasteiger partial charge in [-0.3, -0.25) is 0 Å². The predicted octanol–water partition coefficient (Wildman–Crippen LogP) is 3.37. The summed E-state index contributed by atoms with van der Waals surface area (Å²) < 4.78 is 54.0. The zero-order valence-corrected chi connectivity index (χ0v) is 13.5. The van der Waals surface area contributed by atoms with E-state index in [9.17, 15) is 17.2 Å². The number of benzene rings is 1. The maximum atomic E-state index is 14.2. The molecule has 21 heavy (non-hydrogen) atoms. The Bertz CT molecular complexity index is 634. The second kappa shape index (κ2) is 6.18. The molecule has 0 aliphatic carbocycles. The van der Waals surface area contributed by atoms with Crippen molar-refractivity contribution >= 4 is 21.6 Å². The van der Waals surface area contributed by atoms with Gasteiger partial charge in [0.2, 0.25) is 10.0 Å². The number of alkyl halides is 1. The van der Waals surface area contributed by atoms with E-state index in [0.29, 0.717) is 19.0 Å². The minimum Gasteiger partial charge on any atom is -0.207 e. The fourth-order valence-corrected chi connectivity index (χ4v) is 4.40. The molecular formula is C14H18ClF2NO2S. The number of nitrogens with zero attached hydrogens (tertiary/aromatic N) is 1. The molecule has 1 atom stereocenters. The zero-order chi connectivity index (χ0) is 15.8. The van der Waals surface area contributed by atoms with Crippen molar-refractivity contribution < 1.29 is 17.2 Å². The van der Waals surface area contributed by atoms with Crippen molar-refractivity contribution in [2.45, 2.75) is 31.0 Å². The first kappa shape index (κ1) is 16.6. The first-order valence-corrected chi connectivity index (χ1v) is 8.79. The Hall–Kier alpha value is -0.720. The summed E-state index contributed by atoms with van der Waals surface area (Å²) in [5.74, 6) is -1.70. The molecule has 1 heterocycles. The molecule has 0 bridgehead atoms. The highest BCUT2D eigenvalue weighted by atomic mass is 35.5. The third-order valence-electron chi connectivity index (χ3n) is 4.03. The summed E-state index contributed by atoms with van der Waals surface area (Å²) in [7, 11) is -3.95. The van der Waals surface area contributed by atoms with Crippen molar-refractivity contribution in [2.75, 3.05) is 13.1 Å². The van der Waals surface area contributed by atoms with Crippen LogP contribution in [0, 0.1) is 23.5 Å². The molecule has 0 amide bonds. The summed E-state index contributed by atoms with van der Waals surface area (Å²) in [5, 5.41) is 0. The molecule has 3 nitrogen and oxygen atoms in total. The summed E-state index contributed by atoms with van der Waals surface area (Å²) in [6, 6.07) is 1.92. The zero-order valence-electron chi connectivity index (χ0n) is 11.9. The quantitative estimate of drug-likeness (QED) is 0.790. The summed E-state index contributed by atoms with van der Waals surface area (Å²) in [6.45, 7) is 4.79. The molecule has 1 aromatic carbocycles. The maximum absolute atomic E-state index is 14.2. The first-order chi connectivity index (χ1) is 9.78. The number of rotatable bonds is 4. The Morgan fingerprint density at radius 3 is 2.57 bits per heavy atom. The molecule has 0 saturated carbocycles. The lowest BCUT2D eigenvalue weighted by Gasteiger charge is -2.19. The SMILES string of the molecule is CC(C)C1CCN(S(=O)(=O)c2ccc(F)c(CCl)c2F)C1. The summed E-state index contributed by atoms with van der Waals surface area (Å²) >= 11 is 5.50. The van der Waals surface area contributed by atoms with Gasteiger partial charge in [0, 0.05) is 18.7 Å². The third-order valence-corrected chi connectivity index (χ3v) is 6.18. The van der Waals surface area contributed by atoms with Gasteiger partial charge in [-0.1, -0.05) is 13.8 Å². The molecule has 0 radical (unpaired) electrons. The van der Waals surface area contributed by atoms with E-state index >= 15 is 0 Å². The second-order valence-corrected chi connectivity index (χ2v) is 7.80. The fourth-order valence-electron chi connectivity index (χ4n) is 2.55. The highest BCUT2D eigenvalue weighted by Crippen LogP contribution is 2.31. The minimum absolute atomic E-state index is 0.260. The van der Waals surface area contributed by atoms with E-state index in [-0.39, 0.29) is 5.92 Å². The van der Waals surface area contributed by atoms with Gasteiger partial charge < -0.3 is 0 Å². The fraction of sp³-hybridized carbons (Fsp3) is 0.571. The molecule has 1 aliphatic rings. The van der Waals surface area contributed by atoms with Crippen LogP contribution in [0.4, 0.5) is 8.78 Å². The molecule has 1 aromatic rings. The lowest BCUT2D eigenvalue weighted by atomic mass is 9.96. The Balaban J connectivity index is 2.38.